The van der Waals surface area contributed by atoms with Crippen LogP contribution in [0.5, 0.6) is 5.75 Å². The average molecular weight is 386 g/mol. The molecule has 3 rings (SSSR count). The first-order chi connectivity index (χ1) is 13.0. The van der Waals surface area contributed by atoms with Crippen molar-refractivity contribution in [3.63, 3.8) is 0 Å². The third kappa shape index (κ3) is 5.08. The molecule has 140 valence electrons. The van der Waals surface area contributed by atoms with Crippen molar-refractivity contribution in [2.45, 2.75) is 25.8 Å². The minimum absolute atomic E-state index is 0.0818. The van der Waals surface area contributed by atoms with Gasteiger partial charge in [-0.15, -0.1) is 0 Å². The van der Waals surface area contributed by atoms with Gasteiger partial charge < -0.3 is 14.6 Å². The average Bonchev–Trinajstić information content (AvgIpc) is 3.16. The van der Waals surface area contributed by atoms with Gasteiger partial charge in [0.1, 0.15) is 5.75 Å². The number of aryl methyl sites for hydroxylation is 1. The third-order valence-corrected chi connectivity index (χ3v) is 4.38. The molecule has 0 aliphatic heterocycles. The van der Waals surface area contributed by atoms with Crippen LogP contribution in [0.25, 0.3) is 11.4 Å². The molecule has 6 nitrogen and oxygen atoms in total. The van der Waals surface area contributed by atoms with Crippen LogP contribution in [0.1, 0.15) is 30.8 Å². The molecular weight excluding hydrogens is 366 g/mol. The monoisotopic (exact) mass is 385 g/mol. The lowest BCUT2D eigenvalue weighted by Crippen LogP contribution is -2.26. The van der Waals surface area contributed by atoms with Gasteiger partial charge >= 0.3 is 0 Å². The van der Waals surface area contributed by atoms with Crippen LogP contribution in [-0.4, -0.2) is 23.2 Å². The number of rotatable bonds is 7. The molecule has 0 aliphatic carbocycles. The number of carbonyl (C=O) groups is 1. The molecule has 1 atom stereocenters. The Bertz CT molecular complexity index is 892. The van der Waals surface area contributed by atoms with E-state index in [-0.39, 0.29) is 18.4 Å². The van der Waals surface area contributed by atoms with E-state index in [4.69, 9.17) is 20.9 Å². The van der Waals surface area contributed by atoms with Crippen LogP contribution in [0.15, 0.2) is 53.1 Å². The summed E-state index contributed by atoms with van der Waals surface area (Å²) in [5, 5.41) is 7.58. The summed E-state index contributed by atoms with van der Waals surface area (Å²) in [6.45, 7) is 1.93. The van der Waals surface area contributed by atoms with Gasteiger partial charge in [-0.05, 0) is 48.9 Å². The van der Waals surface area contributed by atoms with Gasteiger partial charge in [-0.3, -0.25) is 4.79 Å². The van der Waals surface area contributed by atoms with E-state index >= 15 is 0 Å². The van der Waals surface area contributed by atoms with Crippen molar-refractivity contribution >= 4 is 17.5 Å². The van der Waals surface area contributed by atoms with Crippen molar-refractivity contribution in [3.8, 4) is 17.1 Å². The Hall–Kier alpha value is -2.86. The molecule has 0 aliphatic rings. The van der Waals surface area contributed by atoms with Gasteiger partial charge in [-0.1, -0.05) is 28.9 Å². The Kier molecular flexibility index (Phi) is 6.08. The topological polar surface area (TPSA) is 77.2 Å². The zero-order valence-corrected chi connectivity index (χ0v) is 15.9. The molecule has 1 aromatic heterocycles. The number of methoxy groups -OCH3 is 1. The van der Waals surface area contributed by atoms with Gasteiger partial charge in [0.15, 0.2) is 0 Å². The van der Waals surface area contributed by atoms with Gasteiger partial charge in [0.05, 0.1) is 13.2 Å². The highest BCUT2D eigenvalue weighted by Crippen LogP contribution is 2.20. The number of halogens is 1. The van der Waals surface area contributed by atoms with Crippen LogP contribution in [0.4, 0.5) is 0 Å². The molecule has 0 unspecified atom stereocenters. The van der Waals surface area contributed by atoms with Gasteiger partial charge in [0.2, 0.25) is 17.6 Å². The highest BCUT2D eigenvalue weighted by Gasteiger charge is 2.13. The number of amides is 1. The lowest BCUT2D eigenvalue weighted by atomic mass is 10.1. The van der Waals surface area contributed by atoms with E-state index < -0.39 is 0 Å². The van der Waals surface area contributed by atoms with Crippen LogP contribution in [0.3, 0.4) is 0 Å². The van der Waals surface area contributed by atoms with Crippen molar-refractivity contribution in [1.29, 1.82) is 0 Å². The maximum absolute atomic E-state index is 12.2. The van der Waals surface area contributed by atoms with Crippen molar-refractivity contribution in [3.05, 3.63) is 65.0 Å². The standard InChI is InChI=1S/C20H20ClN3O3/c1-13(14-3-7-16(21)8-4-14)22-18(25)11-12-19-23-20(24-27-19)15-5-9-17(26-2)10-6-15/h3-10,13H,11-12H2,1-2H3,(H,22,25)/t13-/m0/s1. The van der Waals surface area contributed by atoms with Crippen LogP contribution in [0.2, 0.25) is 5.02 Å². The molecule has 0 saturated carbocycles. The van der Waals surface area contributed by atoms with Gasteiger partial charge in [0.25, 0.3) is 0 Å². The van der Waals surface area contributed by atoms with E-state index in [1.54, 1.807) is 19.2 Å². The third-order valence-electron chi connectivity index (χ3n) is 4.13. The van der Waals surface area contributed by atoms with Crippen LogP contribution < -0.4 is 10.1 Å². The molecule has 1 amide bonds. The smallest absolute Gasteiger partial charge is 0.227 e. The lowest BCUT2D eigenvalue weighted by Gasteiger charge is -2.14. The van der Waals surface area contributed by atoms with E-state index in [1.165, 1.54) is 0 Å². The first-order valence-electron chi connectivity index (χ1n) is 8.57. The summed E-state index contributed by atoms with van der Waals surface area (Å²) in [7, 11) is 1.61. The van der Waals surface area contributed by atoms with Crippen molar-refractivity contribution in [1.82, 2.24) is 15.5 Å². The fourth-order valence-corrected chi connectivity index (χ4v) is 2.71. The summed E-state index contributed by atoms with van der Waals surface area (Å²) in [5.74, 6) is 1.59. The lowest BCUT2D eigenvalue weighted by molar-refractivity contribution is -0.121. The molecule has 3 aromatic rings. The maximum atomic E-state index is 12.2. The van der Waals surface area contributed by atoms with Crippen LogP contribution >= 0.6 is 11.6 Å². The quantitative estimate of drug-likeness (QED) is 0.659. The zero-order chi connectivity index (χ0) is 19.2. The minimum Gasteiger partial charge on any atom is -0.497 e. The van der Waals surface area contributed by atoms with Crippen LogP contribution in [-0.2, 0) is 11.2 Å². The summed E-state index contributed by atoms with van der Waals surface area (Å²) < 4.78 is 10.4. The molecule has 2 aromatic carbocycles. The first kappa shape index (κ1) is 18.9. The molecule has 27 heavy (non-hydrogen) atoms. The van der Waals surface area contributed by atoms with Gasteiger partial charge in [0, 0.05) is 23.4 Å². The molecule has 1 heterocycles. The predicted octanol–water partition coefficient (Wildman–Crippen LogP) is 4.21. The normalized spacial score (nSPS) is 11.8. The molecule has 0 fully saturated rings. The molecule has 0 saturated heterocycles. The molecule has 1 N–H and O–H groups in total. The number of aromatic nitrogens is 2. The fraction of sp³-hybridized carbons (Fsp3) is 0.250. The summed E-state index contributed by atoms with van der Waals surface area (Å²) in [4.78, 5) is 16.5. The second-order valence-corrected chi connectivity index (χ2v) is 6.52. The highest BCUT2D eigenvalue weighted by atomic mass is 35.5. The predicted molar refractivity (Wildman–Crippen MR) is 103 cm³/mol. The van der Waals surface area contributed by atoms with E-state index in [0.29, 0.717) is 23.2 Å². The maximum Gasteiger partial charge on any atom is 0.227 e. The summed E-state index contributed by atoms with van der Waals surface area (Å²) in [6, 6.07) is 14.7. The Morgan fingerprint density at radius 1 is 1.19 bits per heavy atom. The zero-order valence-electron chi connectivity index (χ0n) is 15.1. The number of nitrogens with zero attached hydrogens (tertiary/aromatic N) is 2. The molecule has 0 bridgehead atoms. The second kappa shape index (κ2) is 8.68. The second-order valence-electron chi connectivity index (χ2n) is 6.08. The Balaban J connectivity index is 1.53. The first-order valence-corrected chi connectivity index (χ1v) is 8.95. The Morgan fingerprint density at radius 2 is 1.89 bits per heavy atom. The Morgan fingerprint density at radius 3 is 2.56 bits per heavy atom. The number of benzene rings is 2. The number of nitrogens with one attached hydrogen (secondary N) is 1. The van der Waals surface area contributed by atoms with E-state index in [2.05, 4.69) is 15.5 Å². The van der Waals surface area contributed by atoms with Gasteiger partial charge in [-0.25, -0.2) is 0 Å². The SMILES string of the molecule is COc1ccc(-c2noc(CCC(=O)N[C@@H](C)c3ccc(Cl)cc3)n2)cc1. The molecule has 7 heteroatoms. The largest absolute Gasteiger partial charge is 0.497 e. The Labute approximate surface area is 162 Å². The van der Waals surface area contributed by atoms with E-state index in [1.807, 2.05) is 43.3 Å². The number of ether oxygens (including phenoxy) is 1. The molecule has 0 radical (unpaired) electrons. The fourth-order valence-electron chi connectivity index (χ4n) is 2.58. The van der Waals surface area contributed by atoms with E-state index in [9.17, 15) is 4.79 Å². The summed E-state index contributed by atoms with van der Waals surface area (Å²) in [5.41, 5.74) is 1.82. The highest BCUT2D eigenvalue weighted by molar-refractivity contribution is 6.30. The van der Waals surface area contributed by atoms with Crippen LogP contribution in [0, 0.1) is 0 Å². The number of hydrogen-bond donors (Lipinski definition) is 1. The number of carbonyl (C=O) groups excluding carboxylic acids is 1. The summed E-state index contributed by atoms with van der Waals surface area (Å²) in [6.07, 6.45) is 0.643. The number of hydrogen-bond acceptors (Lipinski definition) is 5. The molecular formula is C20H20ClN3O3. The van der Waals surface area contributed by atoms with Gasteiger partial charge in [-0.2, -0.15) is 4.98 Å². The van der Waals surface area contributed by atoms with E-state index in [0.717, 1.165) is 16.9 Å². The molecule has 0 spiro atoms. The minimum atomic E-state index is -0.104. The van der Waals surface area contributed by atoms with Crippen molar-refractivity contribution in [2.24, 2.45) is 0 Å². The summed E-state index contributed by atoms with van der Waals surface area (Å²) >= 11 is 5.88. The van der Waals surface area contributed by atoms with Crippen molar-refractivity contribution < 1.29 is 14.1 Å². The van der Waals surface area contributed by atoms with Crippen molar-refractivity contribution in [2.75, 3.05) is 7.11 Å².